The summed E-state index contributed by atoms with van der Waals surface area (Å²) in [7, 11) is 0. The second kappa shape index (κ2) is 5.27. The van der Waals surface area contributed by atoms with Crippen LogP contribution >= 0.6 is 11.6 Å². The molecule has 0 radical (unpaired) electrons. The van der Waals surface area contributed by atoms with E-state index in [1.54, 1.807) is 12.1 Å². The van der Waals surface area contributed by atoms with Gasteiger partial charge in [-0.2, -0.15) is 0 Å². The van der Waals surface area contributed by atoms with Crippen molar-refractivity contribution in [3.05, 3.63) is 47.1 Å². The molecule has 0 aliphatic heterocycles. The molecule has 0 fully saturated rings. The quantitative estimate of drug-likeness (QED) is 0.855. The van der Waals surface area contributed by atoms with Crippen LogP contribution in [0.15, 0.2) is 36.4 Å². The van der Waals surface area contributed by atoms with Gasteiger partial charge in [0.05, 0.1) is 5.69 Å². The van der Waals surface area contributed by atoms with E-state index in [2.05, 4.69) is 43.1 Å². The zero-order valence-electron chi connectivity index (χ0n) is 10.5. The van der Waals surface area contributed by atoms with Crippen molar-refractivity contribution in [2.75, 3.05) is 17.2 Å². The molecule has 0 aliphatic rings. The molecule has 18 heavy (non-hydrogen) atoms. The molecule has 1 heterocycles. The van der Waals surface area contributed by atoms with Crippen molar-refractivity contribution in [3.63, 3.8) is 0 Å². The number of nitrogens with two attached hydrogens (primary N) is 1. The van der Waals surface area contributed by atoms with Crippen LogP contribution in [0.5, 0.6) is 0 Å². The molecular formula is C14H16ClN3. The zero-order valence-corrected chi connectivity index (χ0v) is 11.3. The largest absolute Gasteiger partial charge is 0.396 e. The van der Waals surface area contributed by atoms with Crippen LogP contribution < -0.4 is 10.6 Å². The number of hydrogen-bond donors (Lipinski definition) is 1. The number of anilines is 3. The summed E-state index contributed by atoms with van der Waals surface area (Å²) in [6, 6.07) is 11.7. The van der Waals surface area contributed by atoms with Gasteiger partial charge in [0.1, 0.15) is 5.15 Å². The van der Waals surface area contributed by atoms with Gasteiger partial charge in [0.15, 0.2) is 5.82 Å². The van der Waals surface area contributed by atoms with Crippen molar-refractivity contribution in [1.29, 1.82) is 0 Å². The second-order valence-electron chi connectivity index (χ2n) is 4.13. The van der Waals surface area contributed by atoms with E-state index < -0.39 is 0 Å². The molecule has 0 bridgehead atoms. The molecule has 3 nitrogen and oxygen atoms in total. The first kappa shape index (κ1) is 12.7. The average molecular weight is 262 g/mol. The lowest BCUT2D eigenvalue weighted by atomic mass is 10.2. The number of nitrogens with zero attached hydrogens (tertiary/aromatic N) is 2. The molecule has 0 amide bonds. The molecular weight excluding hydrogens is 246 g/mol. The van der Waals surface area contributed by atoms with Crippen molar-refractivity contribution >= 4 is 28.8 Å². The Morgan fingerprint density at radius 1 is 1.17 bits per heavy atom. The van der Waals surface area contributed by atoms with Gasteiger partial charge in [-0.05, 0) is 38.1 Å². The highest BCUT2D eigenvalue weighted by atomic mass is 35.5. The Bertz CT molecular complexity index is 537. The second-order valence-corrected chi connectivity index (χ2v) is 4.51. The molecule has 0 unspecified atom stereocenters. The molecule has 1 aromatic heterocycles. The molecule has 4 heteroatoms. The Balaban J connectivity index is 2.44. The van der Waals surface area contributed by atoms with Crippen LogP contribution in [0, 0.1) is 6.92 Å². The summed E-state index contributed by atoms with van der Waals surface area (Å²) in [5, 5.41) is 0.449. The van der Waals surface area contributed by atoms with Crippen molar-refractivity contribution in [2.45, 2.75) is 13.8 Å². The third-order valence-corrected chi connectivity index (χ3v) is 3.00. The Hall–Kier alpha value is -1.74. The first-order valence-electron chi connectivity index (χ1n) is 5.88. The van der Waals surface area contributed by atoms with Gasteiger partial charge >= 0.3 is 0 Å². The van der Waals surface area contributed by atoms with E-state index in [4.69, 9.17) is 17.3 Å². The Kier molecular flexibility index (Phi) is 3.72. The molecule has 0 saturated carbocycles. The SMILES string of the molecule is CCN(c1ccc(C)cc1)c1nc(Cl)ccc1N. The summed E-state index contributed by atoms with van der Waals surface area (Å²) in [6.07, 6.45) is 0. The van der Waals surface area contributed by atoms with Gasteiger partial charge in [-0.25, -0.2) is 4.98 Å². The fourth-order valence-corrected chi connectivity index (χ4v) is 1.97. The first-order chi connectivity index (χ1) is 8.61. The summed E-state index contributed by atoms with van der Waals surface area (Å²) in [5.74, 6) is 0.703. The Morgan fingerprint density at radius 2 is 1.83 bits per heavy atom. The van der Waals surface area contributed by atoms with Gasteiger partial charge in [-0.3, -0.25) is 0 Å². The van der Waals surface area contributed by atoms with Crippen LogP contribution in [0.25, 0.3) is 0 Å². The number of halogens is 1. The molecule has 0 atom stereocenters. The summed E-state index contributed by atoms with van der Waals surface area (Å²) in [5.41, 5.74) is 8.88. The fourth-order valence-electron chi connectivity index (χ4n) is 1.83. The molecule has 94 valence electrons. The number of aromatic nitrogens is 1. The molecule has 0 aliphatic carbocycles. The molecule has 2 N–H and O–H groups in total. The molecule has 2 aromatic rings. The van der Waals surface area contributed by atoms with E-state index in [0.717, 1.165) is 12.2 Å². The summed E-state index contributed by atoms with van der Waals surface area (Å²) < 4.78 is 0. The van der Waals surface area contributed by atoms with Crippen LogP contribution in [-0.2, 0) is 0 Å². The lowest BCUT2D eigenvalue weighted by molar-refractivity contribution is 0.992. The normalized spacial score (nSPS) is 10.4. The first-order valence-corrected chi connectivity index (χ1v) is 6.26. The van der Waals surface area contributed by atoms with E-state index in [1.807, 2.05) is 4.90 Å². The predicted octanol–water partition coefficient (Wildman–Crippen LogP) is 3.78. The lowest BCUT2D eigenvalue weighted by Crippen LogP contribution is -2.18. The van der Waals surface area contributed by atoms with Gasteiger partial charge < -0.3 is 10.6 Å². The number of aryl methyl sites for hydroxylation is 1. The number of pyridine rings is 1. The Morgan fingerprint density at radius 3 is 2.44 bits per heavy atom. The standard InChI is InChI=1S/C14H16ClN3/c1-3-18(11-6-4-10(2)5-7-11)14-12(16)8-9-13(15)17-14/h4-9H,3,16H2,1-2H3. The van der Waals surface area contributed by atoms with E-state index in [0.29, 0.717) is 16.7 Å². The van der Waals surface area contributed by atoms with Crippen LogP contribution in [0.2, 0.25) is 5.15 Å². The summed E-state index contributed by atoms with van der Waals surface area (Å²) >= 11 is 5.94. The van der Waals surface area contributed by atoms with Crippen molar-refractivity contribution in [1.82, 2.24) is 4.98 Å². The smallest absolute Gasteiger partial charge is 0.157 e. The van der Waals surface area contributed by atoms with E-state index in [9.17, 15) is 0 Å². The molecule has 2 rings (SSSR count). The van der Waals surface area contributed by atoms with Gasteiger partial charge in [-0.15, -0.1) is 0 Å². The highest BCUT2D eigenvalue weighted by Gasteiger charge is 2.12. The monoisotopic (exact) mass is 261 g/mol. The van der Waals surface area contributed by atoms with E-state index in [1.165, 1.54) is 5.56 Å². The maximum absolute atomic E-state index is 5.97. The number of nitrogen functional groups attached to an aromatic ring is 1. The van der Waals surface area contributed by atoms with Crippen molar-refractivity contribution in [2.24, 2.45) is 0 Å². The number of rotatable bonds is 3. The third-order valence-electron chi connectivity index (χ3n) is 2.79. The van der Waals surface area contributed by atoms with Crippen LogP contribution in [-0.4, -0.2) is 11.5 Å². The zero-order chi connectivity index (χ0) is 13.1. The third kappa shape index (κ3) is 2.57. The minimum absolute atomic E-state index is 0.449. The van der Waals surface area contributed by atoms with Gasteiger partial charge in [0.2, 0.25) is 0 Å². The van der Waals surface area contributed by atoms with Crippen molar-refractivity contribution < 1.29 is 0 Å². The summed E-state index contributed by atoms with van der Waals surface area (Å²) in [6.45, 7) is 4.90. The summed E-state index contributed by atoms with van der Waals surface area (Å²) in [4.78, 5) is 6.35. The number of hydrogen-bond acceptors (Lipinski definition) is 3. The highest BCUT2D eigenvalue weighted by molar-refractivity contribution is 6.29. The maximum atomic E-state index is 5.97. The average Bonchev–Trinajstić information content (AvgIpc) is 2.37. The lowest BCUT2D eigenvalue weighted by Gasteiger charge is -2.23. The van der Waals surface area contributed by atoms with Gasteiger partial charge in [-0.1, -0.05) is 29.3 Å². The van der Waals surface area contributed by atoms with Gasteiger partial charge in [0, 0.05) is 12.2 Å². The van der Waals surface area contributed by atoms with Crippen LogP contribution in [0.3, 0.4) is 0 Å². The predicted molar refractivity (Wildman–Crippen MR) is 77.5 cm³/mol. The van der Waals surface area contributed by atoms with Crippen LogP contribution in [0.1, 0.15) is 12.5 Å². The molecule has 1 aromatic carbocycles. The molecule has 0 spiro atoms. The Labute approximate surface area is 112 Å². The van der Waals surface area contributed by atoms with E-state index >= 15 is 0 Å². The van der Waals surface area contributed by atoms with E-state index in [-0.39, 0.29) is 0 Å². The van der Waals surface area contributed by atoms with Crippen LogP contribution in [0.4, 0.5) is 17.2 Å². The molecule has 0 saturated heterocycles. The van der Waals surface area contributed by atoms with Crippen molar-refractivity contribution in [3.8, 4) is 0 Å². The fraction of sp³-hybridized carbons (Fsp3) is 0.214. The topological polar surface area (TPSA) is 42.2 Å². The van der Waals surface area contributed by atoms with Gasteiger partial charge in [0.25, 0.3) is 0 Å². The highest BCUT2D eigenvalue weighted by Crippen LogP contribution is 2.29. The minimum atomic E-state index is 0.449. The number of benzene rings is 1. The minimum Gasteiger partial charge on any atom is -0.396 e. The maximum Gasteiger partial charge on any atom is 0.157 e.